The van der Waals surface area contributed by atoms with E-state index < -0.39 is 0 Å². The van der Waals surface area contributed by atoms with Crippen molar-refractivity contribution >= 4 is 11.8 Å². The summed E-state index contributed by atoms with van der Waals surface area (Å²) in [6.45, 7) is 3.00. The number of aliphatic hydroxyl groups excluding tert-OH is 1. The fourth-order valence-electron chi connectivity index (χ4n) is 1.85. The van der Waals surface area contributed by atoms with Crippen molar-refractivity contribution in [2.45, 2.75) is 19.6 Å². The third kappa shape index (κ3) is 2.53. The summed E-state index contributed by atoms with van der Waals surface area (Å²) in [4.78, 5) is 11.2. The van der Waals surface area contributed by atoms with Crippen LogP contribution in [0.1, 0.15) is 23.3 Å². The molecule has 2 heterocycles. The monoisotopic (exact) mass is 239 g/mol. The Kier molecular flexibility index (Phi) is 3.78. The van der Waals surface area contributed by atoms with Crippen LogP contribution < -0.4 is 0 Å². The molecule has 1 aliphatic rings. The van der Waals surface area contributed by atoms with Gasteiger partial charge < -0.3 is 5.11 Å². The van der Waals surface area contributed by atoms with E-state index in [1.807, 2.05) is 24.8 Å². The fraction of sp³-hybridized carbons (Fsp3) is 0.636. The van der Waals surface area contributed by atoms with E-state index in [1.165, 1.54) is 5.75 Å². The van der Waals surface area contributed by atoms with E-state index in [1.54, 1.807) is 0 Å². The van der Waals surface area contributed by atoms with Gasteiger partial charge >= 0.3 is 0 Å². The Bertz CT molecular complexity index is 372. The normalized spacial score (nSPS) is 22.3. The van der Waals surface area contributed by atoms with Crippen molar-refractivity contribution in [3.05, 3.63) is 23.3 Å². The lowest BCUT2D eigenvalue weighted by molar-refractivity contribution is 0.256. The van der Waals surface area contributed by atoms with E-state index in [0.717, 1.165) is 23.8 Å². The Hall–Kier alpha value is -0.650. The SMILES string of the molecule is Cc1cc(CO)nc(C2CSCCN2C)n1. The Morgan fingerprint density at radius 1 is 1.56 bits per heavy atom. The molecule has 0 amide bonds. The molecule has 5 heteroatoms. The molecule has 1 unspecified atom stereocenters. The minimum atomic E-state index is -0.0140. The lowest BCUT2D eigenvalue weighted by Gasteiger charge is -2.31. The second kappa shape index (κ2) is 5.12. The minimum absolute atomic E-state index is 0.0140. The first-order valence-corrected chi connectivity index (χ1v) is 6.59. The van der Waals surface area contributed by atoms with Crippen LogP contribution in [-0.2, 0) is 6.61 Å². The van der Waals surface area contributed by atoms with Gasteiger partial charge in [-0.2, -0.15) is 11.8 Å². The highest BCUT2D eigenvalue weighted by Gasteiger charge is 2.23. The highest BCUT2D eigenvalue weighted by atomic mass is 32.2. The van der Waals surface area contributed by atoms with E-state index in [2.05, 4.69) is 21.9 Å². The molecule has 0 bridgehead atoms. The van der Waals surface area contributed by atoms with Crippen LogP contribution in [0.3, 0.4) is 0 Å². The zero-order valence-electron chi connectivity index (χ0n) is 9.68. The fourth-order valence-corrected chi connectivity index (χ4v) is 3.06. The van der Waals surface area contributed by atoms with Crippen LogP contribution in [-0.4, -0.2) is 45.1 Å². The first-order valence-electron chi connectivity index (χ1n) is 5.44. The van der Waals surface area contributed by atoms with Gasteiger partial charge in [-0.3, -0.25) is 4.90 Å². The standard InChI is InChI=1S/C11H17N3OS/c1-8-5-9(6-15)13-11(12-8)10-7-16-4-3-14(10)2/h5,10,15H,3-4,6-7H2,1-2H3. The summed E-state index contributed by atoms with van der Waals surface area (Å²) in [6, 6.07) is 2.11. The van der Waals surface area contributed by atoms with Crippen LogP contribution >= 0.6 is 11.8 Å². The van der Waals surface area contributed by atoms with Gasteiger partial charge in [-0.15, -0.1) is 0 Å². The van der Waals surface area contributed by atoms with Gasteiger partial charge in [0, 0.05) is 23.7 Å². The van der Waals surface area contributed by atoms with Gasteiger partial charge in [0.05, 0.1) is 18.3 Å². The van der Waals surface area contributed by atoms with Gasteiger partial charge in [0.2, 0.25) is 0 Å². The lowest BCUT2D eigenvalue weighted by atomic mass is 10.2. The number of aliphatic hydroxyl groups is 1. The zero-order chi connectivity index (χ0) is 11.5. The lowest BCUT2D eigenvalue weighted by Crippen LogP contribution is -2.34. The Balaban J connectivity index is 2.27. The molecule has 4 nitrogen and oxygen atoms in total. The second-order valence-electron chi connectivity index (χ2n) is 4.09. The molecule has 1 aliphatic heterocycles. The Labute approximate surface area is 100 Å². The molecule has 1 N–H and O–H groups in total. The predicted octanol–water partition coefficient (Wildman–Crippen LogP) is 0.997. The van der Waals surface area contributed by atoms with Crippen LogP contribution in [0, 0.1) is 6.92 Å². The zero-order valence-corrected chi connectivity index (χ0v) is 10.5. The van der Waals surface area contributed by atoms with E-state index in [-0.39, 0.29) is 12.6 Å². The molecular weight excluding hydrogens is 222 g/mol. The van der Waals surface area contributed by atoms with Crippen molar-refractivity contribution in [2.24, 2.45) is 0 Å². The molecule has 16 heavy (non-hydrogen) atoms. The van der Waals surface area contributed by atoms with Gasteiger partial charge in [-0.05, 0) is 20.0 Å². The molecule has 0 aliphatic carbocycles. The van der Waals surface area contributed by atoms with Gasteiger partial charge in [0.1, 0.15) is 5.82 Å². The maximum Gasteiger partial charge on any atom is 0.146 e. The van der Waals surface area contributed by atoms with Gasteiger partial charge in [0.25, 0.3) is 0 Å². The molecule has 0 saturated carbocycles. The molecule has 0 radical (unpaired) electrons. The molecule has 1 atom stereocenters. The van der Waals surface area contributed by atoms with Crippen LogP contribution in [0.5, 0.6) is 0 Å². The van der Waals surface area contributed by atoms with Gasteiger partial charge in [-0.1, -0.05) is 0 Å². The first-order chi connectivity index (χ1) is 7.70. The maximum absolute atomic E-state index is 9.14. The van der Waals surface area contributed by atoms with Crippen molar-refractivity contribution in [1.29, 1.82) is 0 Å². The summed E-state index contributed by atoms with van der Waals surface area (Å²) >= 11 is 1.94. The Morgan fingerprint density at radius 3 is 3.06 bits per heavy atom. The number of hydrogen-bond acceptors (Lipinski definition) is 5. The minimum Gasteiger partial charge on any atom is -0.390 e. The maximum atomic E-state index is 9.14. The second-order valence-corrected chi connectivity index (χ2v) is 5.24. The first kappa shape index (κ1) is 11.8. The van der Waals surface area contributed by atoms with Crippen LogP contribution in [0.4, 0.5) is 0 Å². The number of aryl methyl sites for hydroxylation is 1. The third-order valence-electron chi connectivity index (χ3n) is 2.78. The van der Waals surface area contributed by atoms with E-state index in [9.17, 15) is 0 Å². The molecule has 2 rings (SSSR count). The highest BCUT2D eigenvalue weighted by molar-refractivity contribution is 7.99. The summed E-state index contributed by atoms with van der Waals surface area (Å²) in [7, 11) is 2.11. The topological polar surface area (TPSA) is 49.3 Å². The average molecular weight is 239 g/mol. The molecular formula is C11H17N3OS. The van der Waals surface area contributed by atoms with Crippen molar-refractivity contribution in [3.8, 4) is 0 Å². The third-order valence-corrected chi connectivity index (χ3v) is 3.80. The highest BCUT2D eigenvalue weighted by Crippen LogP contribution is 2.26. The molecule has 1 fully saturated rings. The number of rotatable bonds is 2. The van der Waals surface area contributed by atoms with E-state index in [0.29, 0.717) is 5.69 Å². The van der Waals surface area contributed by atoms with Gasteiger partial charge in [0.15, 0.2) is 0 Å². The summed E-state index contributed by atoms with van der Waals surface area (Å²) < 4.78 is 0. The average Bonchev–Trinajstić information content (AvgIpc) is 2.28. The number of hydrogen-bond donors (Lipinski definition) is 1. The quantitative estimate of drug-likeness (QED) is 0.834. The molecule has 1 aromatic rings. The van der Waals surface area contributed by atoms with Crippen molar-refractivity contribution in [2.75, 3.05) is 25.1 Å². The largest absolute Gasteiger partial charge is 0.390 e. The summed E-state index contributed by atoms with van der Waals surface area (Å²) in [5, 5.41) is 9.14. The molecule has 88 valence electrons. The van der Waals surface area contributed by atoms with Crippen molar-refractivity contribution in [1.82, 2.24) is 14.9 Å². The van der Waals surface area contributed by atoms with Crippen molar-refractivity contribution in [3.63, 3.8) is 0 Å². The van der Waals surface area contributed by atoms with E-state index >= 15 is 0 Å². The summed E-state index contributed by atoms with van der Waals surface area (Å²) in [5.74, 6) is 3.05. The van der Waals surface area contributed by atoms with E-state index in [4.69, 9.17) is 5.11 Å². The molecule has 0 aromatic carbocycles. The van der Waals surface area contributed by atoms with Crippen LogP contribution in [0.15, 0.2) is 6.07 Å². The predicted molar refractivity (Wildman–Crippen MR) is 65.4 cm³/mol. The summed E-state index contributed by atoms with van der Waals surface area (Å²) in [5.41, 5.74) is 1.64. The molecule has 1 saturated heterocycles. The smallest absolute Gasteiger partial charge is 0.146 e. The number of aromatic nitrogens is 2. The van der Waals surface area contributed by atoms with Crippen LogP contribution in [0.2, 0.25) is 0 Å². The number of thioether (sulfide) groups is 1. The Morgan fingerprint density at radius 2 is 2.38 bits per heavy atom. The van der Waals surface area contributed by atoms with Crippen LogP contribution in [0.25, 0.3) is 0 Å². The van der Waals surface area contributed by atoms with Gasteiger partial charge in [-0.25, -0.2) is 9.97 Å². The van der Waals surface area contributed by atoms with Crippen molar-refractivity contribution < 1.29 is 5.11 Å². The molecule has 1 aromatic heterocycles. The summed E-state index contributed by atoms with van der Waals surface area (Å²) in [6.07, 6.45) is 0. The molecule has 0 spiro atoms. The number of nitrogens with zero attached hydrogens (tertiary/aromatic N) is 3.